The van der Waals surface area contributed by atoms with Gasteiger partial charge in [-0.15, -0.1) is 0 Å². The molecule has 0 saturated heterocycles. The normalized spacial score (nSPS) is 20.0. The molecule has 0 bridgehead atoms. The Balaban J connectivity index is 2.02. The number of hydrogen-bond donors (Lipinski definition) is 0. The largest absolute Gasteiger partial charge is 0.335 e. The molecule has 2 aromatic rings. The van der Waals surface area contributed by atoms with Gasteiger partial charge < -0.3 is 4.90 Å². The average molecular weight is 464 g/mol. The highest BCUT2D eigenvalue weighted by molar-refractivity contribution is 5.90. The molecule has 0 aliphatic heterocycles. The van der Waals surface area contributed by atoms with Crippen molar-refractivity contribution in [1.82, 2.24) is 14.9 Å². The number of rotatable bonds is 8. The van der Waals surface area contributed by atoms with Crippen LogP contribution in [-0.2, 0) is 0 Å². The molecule has 3 rings (SSSR count). The van der Waals surface area contributed by atoms with Crippen LogP contribution >= 0.6 is 0 Å². The number of halogens is 1. The Kier molecular flexibility index (Phi) is 7.75. The summed E-state index contributed by atoms with van der Waals surface area (Å²) < 4.78 is 14.7. The SMILES string of the molecule is CCN(CC1(CC)C=C(/C=C(\N=NC)c2c(C)cccc2F)CC1(C)C)C(=O)c1ncccn1. The van der Waals surface area contributed by atoms with E-state index >= 15 is 0 Å². The molecule has 0 spiro atoms. The number of allylic oxidation sites excluding steroid dienone is 2. The number of azo groups is 1. The summed E-state index contributed by atoms with van der Waals surface area (Å²) in [5.74, 6) is -0.286. The molecule has 6 nitrogen and oxygen atoms in total. The molecule has 0 N–H and O–H groups in total. The minimum atomic E-state index is -0.316. The summed E-state index contributed by atoms with van der Waals surface area (Å²) >= 11 is 0. The van der Waals surface area contributed by atoms with E-state index in [9.17, 15) is 9.18 Å². The number of benzene rings is 1. The zero-order valence-corrected chi connectivity index (χ0v) is 21.0. The highest BCUT2D eigenvalue weighted by Gasteiger charge is 2.48. The van der Waals surface area contributed by atoms with Crippen molar-refractivity contribution < 1.29 is 9.18 Å². The van der Waals surface area contributed by atoms with Gasteiger partial charge in [0.15, 0.2) is 0 Å². The molecule has 0 saturated carbocycles. The standard InChI is InChI=1S/C27H34FN5O/c1-7-27(18-33(8-2)25(34)24-30-13-10-14-31-24)17-20(16-26(27,4)5)15-22(32-29-6)23-19(3)11-9-12-21(23)28/h9-15,17H,7-8,16,18H2,1-6H3/b22-15-,32-29?. The lowest BCUT2D eigenvalue weighted by atomic mass is 9.65. The number of carbonyl (C=O) groups excluding carboxylic acids is 1. The molecular weight excluding hydrogens is 429 g/mol. The predicted molar refractivity (Wildman–Crippen MR) is 133 cm³/mol. The molecule has 1 atom stereocenters. The first-order chi connectivity index (χ1) is 16.2. The van der Waals surface area contributed by atoms with Crippen LogP contribution < -0.4 is 0 Å². The molecule has 7 heteroatoms. The molecule has 1 aromatic carbocycles. The van der Waals surface area contributed by atoms with Crippen LogP contribution in [0.2, 0.25) is 0 Å². The maximum atomic E-state index is 14.7. The van der Waals surface area contributed by atoms with Crippen LogP contribution in [0.5, 0.6) is 0 Å². The third-order valence-corrected chi connectivity index (χ3v) is 6.99. The Bertz CT molecular complexity index is 1100. The third-order valence-electron chi connectivity index (χ3n) is 6.99. The van der Waals surface area contributed by atoms with E-state index in [1.54, 1.807) is 31.6 Å². The molecule has 0 radical (unpaired) electrons. The van der Waals surface area contributed by atoms with Crippen molar-refractivity contribution >= 4 is 11.6 Å². The summed E-state index contributed by atoms with van der Waals surface area (Å²) in [6.45, 7) is 11.5. The molecule has 1 amide bonds. The van der Waals surface area contributed by atoms with Gasteiger partial charge in [-0.25, -0.2) is 14.4 Å². The van der Waals surface area contributed by atoms with Gasteiger partial charge in [-0.05, 0) is 61.4 Å². The van der Waals surface area contributed by atoms with Gasteiger partial charge in [0.05, 0.1) is 5.70 Å². The van der Waals surface area contributed by atoms with Crippen LogP contribution in [0.25, 0.3) is 5.70 Å². The number of aryl methyl sites for hydroxylation is 1. The quantitative estimate of drug-likeness (QED) is 0.434. The van der Waals surface area contributed by atoms with E-state index in [1.165, 1.54) is 6.07 Å². The second-order valence-electron chi connectivity index (χ2n) is 9.44. The maximum Gasteiger partial charge on any atom is 0.291 e. The highest BCUT2D eigenvalue weighted by atomic mass is 19.1. The van der Waals surface area contributed by atoms with E-state index in [0.29, 0.717) is 24.4 Å². The van der Waals surface area contributed by atoms with E-state index < -0.39 is 0 Å². The molecule has 1 aromatic heterocycles. The number of amides is 1. The maximum absolute atomic E-state index is 14.7. The second kappa shape index (κ2) is 10.4. The van der Waals surface area contributed by atoms with E-state index in [4.69, 9.17) is 0 Å². The summed E-state index contributed by atoms with van der Waals surface area (Å²) in [6, 6.07) is 6.71. The van der Waals surface area contributed by atoms with E-state index in [-0.39, 0.29) is 28.4 Å². The van der Waals surface area contributed by atoms with Gasteiger partial charge in [0.25, 0.3) is 5.91 Å². The summed E-state index contributed by atoms with van der Waals surface area (Å²) in [6.07, 6.45) is 8.98. The first kappa shape index (κ1) is 25.4. The van der Waals surface area contributed by atoms with Crippen LogP contribution in [0, 0.1) is 23.6 Å². The Morgan fingerprint density at radius 1 is 1.21 bits per heavy atom. The second-order valence-corrected chi connectivity index (χ2v) is 9.44. The van der Waals surface area contributed by atoms with Gasteiger partial charge in [-0.1, -0.05) is 39.0 Å². The molecule has 1 heterocycles. The molecule has 1 unspecified atom stereocenters. The fraction of sp³-hybridized carbons (Fsp3) is 0.444. The average Bonchev–Trinajstić information content (AvgIpc) is 3.06. The summed E-state index contributed by atoms with van der Waals surface area (Å²) in [5, 5.41) is 8.21. The minimum Gasteiger partial charge on any atom is -0.335 e. The van der Waals surface area contributed by atoms with Gasteiger partial charge in [0.1, 0.15) is 5.82 Å². The smallest absolute Gasteiger partial charge is 0.291 e. The van der Waals surface area contributed by atoms with E-state index in [1.807, 2.05) is 30.9 Å². The van der Waals surface area contributed by atoms with Crippen LogP contribution in [0.1, 0.15) is 62.3 Å². The van der Waals surface area contributed by atoms with Crippen molar-refractivity contribution in [1.29, 1.82) is 0 Å². The summed E-state index contributed by atoms with van der Waals surface area (Å²) in [5.41, 5.74) is 2.45. The monoisotopic (exact) mass is 463 g/mol. The number of nitrogens with zero attached hydrogens (tertiary/aromatic N) is 5. The van der Waals surface area contributed by atoms with E-state index in [0.717, 1.165) is 24.0 Å². The molecule has 0 fully saturated rings. The lowest BCUT2D eigenvalue weighted by molar-refractivity contribution is 0.0520. The van der Waals surface area contributed by atoms with Gasteiger partial charge in [-0.2, -0.15) is 10.2 Å². The number of hydrogen-bond acceptors (Lipinski definition) is 5. The molecule has 1 aliphatic rings. The van der Waals surface area contributed by atoms with Gasteiger partial charge in [-0.3, -0.25) is 4.79 Å². The van der Waals surface area contributed by atoms with E-state index in [2.05, 4.69) is 47.0 Å². The summed E-state index contributed by atoms with van der Waals surface area (Å²) in [4.78, 5) is 23.2. The topological polar surface area (TPSA) is 70.8 Å². The Labute approximate surface area is 201 Å². The Morgan fingerprint density at radius 3 is 2.50 bits per heavy atom. The van der Waals surface area contributed by atoms with Crippen molar-refractivity contribution in [2.75, 3.05) is 20.1 Å². The Morgan fingerprint density at radius 2 is 1.91 bits per heavy atom. The number of carbonyl (C=O) groups is 1. The zero-order valence-electron chi connectivity index (χ0n) is 21.0. The van der Waals surface area contributed by atoms with Crippen LogP contribution in [0.4, 0.5) is 4.39 Å². The lowest BCUT2D eigenvalue weighted by Crippen LogP contribution is -2.46. The van der Waals surface area contributed by atoms with Gasteiger partial charge in [0, 0.05) is 43.5 Å². The first-order valence-electron chi connectivity index (χ1n) is 11.7. The first-order valence-corrected chi connectivity index (χ1v) is 11.7. The molecule has 180 valence electrons. The van der Waals surface area contributed by atoms with Crippen molar-refractivity contribution in [2.24, 2.45) is 21.1 Å². The van der Waals surface area contributed by atoms with Crippen molar-refractivity contribution in [3.8, 4) is 0 Å². The third kappa shape index (κ3) is 4.98. The molecular formula is C27H34FN5O. The number of aromatic nitrogens is 2. The van der Waals surface area contributed by atoms with Crippen LogP contribution in [-0.4, -0.2) is 40.9 Å². The zero-order chi connectivity index (χ0) is 24.9. The van der Waals surface area contributed by atoms with Crippen molar-refractivity contribution in [2.45, 2.75) is 47.5 Å². The van der Waals surface area contributed by atoms with Crippen molar-refractivity contribution in [3.63, 3.8) is 0 Å². The fourth-order valence-corrected chi connectivity index (χ4v) is 4.94. The van der Waals surface area contributed by atoms with Gasteiger partial charge >= 0.3 is 0 Å². The summed E-state index contributed by atoms with van der Waals surface area (Å²) in [7, 11) is 1.59. The van der Waals surface area contributed by atoms with Crippen LogP contribution in [0.15, 0.2) is 64.6 Å². The fourth-order valence-electron chi connectivity index (χ4n) is 4.94. The highest BCUT2D eigenvalue weighted by Crippen LogP contribution is 2.54. The van der Waals surface area contributed by atoms with Crippen LogP contribution in [0.3, 0.4) is 0 Å². The predicted octanol–water partition coefficient (Wildman–Crippen LogP) is 6.26. The molecule has 1 aliphatic carbocycles. The minimum absolute atomic E-state index is 0.127. The van der Waals surface area contributed by atoms with Gasteiger partial charge in [0.2, 0.25) is 5.82 Å². The van der Waals surface area contributed by atoms with Crippen molar-refractivity contribution in [3.05, 3.63) is 77.2 Å². The Hall–Kier alpha value is -3.22. The molecule has 34 heavy (non-hydrogen) atoms. The lowest BCUT2D eigenvalue weighted by Gasteiger charge is -2.43.